The highest BCUT2D eigenvalue weighted by Crippen LogP contribution is 2.24. The number of benzene rings is 2. The molecule has 0 unspecified atom stereocenters. The van der Waals surface area contributed by atoms with Crippen molar-refractivity contribution in [2.45, 2.75) is 13.1 Å². The minimum atomic E-state index is -0.448. The van der Waals surface area contributed by atoms with Crippen LogP contribution in [-0.4, -0.2) is 20.4 Å². The lowest BCUT2D eigenvalue weighted by Crippen LogP contribution is -2.33. The van der Waals surface area contributed by atoms with Crippen molar-refractivity contribution in [2.75, 3.05) is 0 Å². The van der Waals surface area contributed by atoms with E-state index in [1.54, 1.807) is 12.4 Å². The van der Waals surface area contributed by atoms with Gasteiger partial charge in [-0.25, -0.2) is 4.79 Å². The zero-order valence-corrected chi connectivity index (χ0v) is 15.1. The van der Waals surface area contributed by atoms with Crippen molar-refractivity contribution in [3.63, 3.8) is 0 Å². The lowest BCUT2D eigenvalue weighted by molar-refractivity contribution is -0.121. The highest BCUT2D eigenvalue weighted by atomic mass is 16.2. The molecule has 2 aromatic carbocycles. The second-order valence-electron chi connectivity index (χ2n) is 6.34. The second-order valence-corrected chi connectivity index (χ2v) is 6.34. The molecule has 0 saturated heterocycles. The molecule has 0 fully saturated rings. The first-order chi connectivity index (χ1) is 13.7. The van der Waals surface area contributed by atoms with Crippen LogP contribution in [0.15, 0.2) is 83.9 Å². The molecule has 28 heavy (non-hydrogen) atoms. The lowest BCUT2D eigenvalue weighted by atomic mass is 10.1. The smallest absolute Gasteiger partial charge is 0.349 e. The largest absolute Gasteiger partial charge is 0.350 e. The second kappa shape index (κ2) is 7.84. The van der Waals surface area contributed by atoms with Gasteiger partial charge in [-0.2, -0.15) is 4.98 Å². The Morgan fingerprint density at radius 2 is 1.64 bits per heavy atom. The summed E-state index contributed by atoms with van der Waals surface area (Å²) in [6.07, 6.45) is 3.34. The van der Waals surface area contributed by atoms with Gasteiger partial charge in [-0.1, -0.05) is 48.5 Å². The molecule has 2 aromatic heterocycles. The first-order valence-electron chi connectivity index (χ1n) is 8.93. The van der Waals surface area contributed by atoms with Crippen LogP contribution in [0.4, 0.5) is 0 Å². The molecule has 0 radical (unpaired) electrons. The van der Waals surface area contributed by atoms with Gasteiger partial charge in [0.1, 0.15) is 6.54 Å². The molecular formula is C22H18N4O2. The molecule has 0 saturated carbocycles. The van der Waals surface area contributed by atoms with Gasteiger partial charge in [0.25, 0.3) is 0 Å². The Morgan fingerprint density at radius 3 is 2.43 bits per heavy atom. The maximum absolute atomic E-state index is 12.7. The molecule has 0 spiro atoms. The predicted octanol–water partition coefficient (Wildman–Crippen LogP) is 2.77. The minimum Gasteiger partial charge on any atom is -0.350 e. The maximum Gasteiger partial charge on any atom is 0.349 e. The number of carbonyl (C=O) groups excluding carboxylic acids is 1. The lowest BCUT2D eigenvalue weighted by Gasteiger charge is -2.13. The van der Waals surface area contributed by atoms with Gasteiger partial charge in [-0.05, 0) is 23.8 Å². The molecule has 0 aliphatic carbocycles. The SMILES string of the molecule is O=C(Cn1c(=O)nc(-c2ccccc2)c2ccccc21)NCc1ccncc1. The van der Waals surface area contributed by atoms with Gasteiger partial charge in [0, 0.05) is 29.9 Å². The molecule has 1 N–H and O–H groups in total. The molecule has 0 aliphatic rings. The van der Waals surface area contributed by atoms with E-state index in [2.05, 4.69) is 15.3 Å². The molecule has 4 rings (SSSR count). The average molecular weight is 370 g/mol. The molecule has 2 heterocycles. The summed E-state index contributed by atoms with van der Waals surface area (Å²) in [5, 5.41) is 3.66. The van der Waals surface area contributed by atoms with Gasteiger partial charge in [0.15, 0.2) is 0 Å². The van der Waals surface area contributed by atoms with Crippen LogP contribution in [0, 0.1) is 0 Å². The molecule has 0 aliphatic heterocycles. The maximum atomic E-state index is 12.7. The summed E-state index contributed by atoms with van der Waals surface area (Å²) < 4.78 is 1.41. The van der Waals surface area contributed by atoms with Gasteiger partial charge >= 0.3 is 5.69 Å². The van der Waals surface area contributed by atoms with Crippen LogP contribution < -0.4 is 11.0 Å². The third kappa shape index (κ3) is 3.66. The normalized spacial score (nSPS) is 10.7. The third-order valence-corrected chi connectivity index (χ3v) is 4.48. The number of pyridine rings is 1. The van der Waals surface area contributed by atoms with Gasteiger partial charge in [0.05, 0.1) is 11.2 Å². The van der Waals surface area contributed by atoms with Crippen LogP contribution in [-0.2, 0) is 17.9 Å². The summed E-state index contributed by atoms with van der Waals surface area (Å²) in [6.45, 7) is 0.288. The van der Waals surface area contributed by atoms with Crippen LogP contribution in [0.25, 0.3) is 22.2 Å². The first-order valence-corrected chi connectivity index (χ1v) is 8.93. The van der Waals surface area contributed by atoms with Crippen molar-refractivity contribution in [1.82, 2.24) is 19.9 Å². The zero-order chi connectivity index (χ0) is 19.3. The van der Waals surface area contributed by atoms with E-state index in [0.717, 1.165) is 16.5 Å². The monoisotopic (exact) mass is 370 g/mol. The number of amides is 1. The summed E-state index contributed by atoms with van der Waals surface area (Å²) >= 11 is 0. The first kappa shape index (κ1) is 17.6. The Bertz CT molecular complexity index is 1170. The zero-order valence-electron chi connectivity index (χ0n) is 15.1. The van der Waals surface area contributed by atoms with Crippen LogP contribution in [0.1, 0.15) is 5.56 Å². The summed E-state index contributed by atoms with van der Waals surface area (Å²) in [5.41, 5.74) is 2.66. The standard InChI is InChI=1S/C22H18N4O2/c27-20(24-14-16-10-12-23-13-11-16)15-26-19-9-5-4-8-18(19)21(25-22(26)28)17-6-2-1-3-7-17/h1-13H,14-15H2,(H,24,27). The van der Waals surface area contributed by atoms with E-state index in [9.17, 15) is 9.59 Å². The Balaban J connectivity index is 1.66. The van der Waals surface area contributed by atoms with Crippen molar-refractivity contribution in [1.29, 1.82) is 0 Å². The average Bonchev–Trinajstić information content (AvgIpc) is 2.75. The van der Waals surface area contributed by atoms with E-state index < -0.39 is 5.69 Å². The topological polar surface area (TPSA) is 76.9 Å². The van der Waals surface area contributed by atoms with Crippen LogP contribution in [0.5, 0.6) is 0 Å². The van der Waals surface area contributed by atoms with Crippen LogP contribution in [0.2, 0.25) is 0 Å². The highest BCUT2D eigenvalue weighted by Gasteiger charge is 2.14. The van der Waals surface area contributed by atoms with Gasteiger partial charge in [-0.3, -0.25) is 14.3 Å². The van der Waals surface area contributed by atoms with Crippen molar-refractivity contribution >= 4 is 16.8 Å². The van der Waals surface area contributed by atoms with Gasteiger partial charge < -0.3 is 5.32 Å². The number of nitrogens with one attached hydrogen (secondary N) is 1. The number of fused-ring (bicyclic) bond motifs is 1. The third-order valence-electron chi connectivity index (χ3n) is 4.48. The minimum absolute atomic E-state index is 0.0908. The molecule has 0 atom stereocenters. The summed E-state index contributed by atoms with van der Waals surface area (Å²) in [4.78, 5) is 33.3. The molecule has 138 valence electrons. The number of hydrogen-bond donors (Lipinski definition) is 1. The Kier molecular flexibility index (Phi) is 4.93. The van der Waals surface area contributed by atoms with Crippen LogP contribution in [0.3, 0.4) is 0 Å². The van der Waals surface area contributed by atoms with Crippen LogP contribution >= 0.6 is 0 Å². The van der Waals surface area contributed by atoms with E-state index in [-0.39, 0.29) is 12.5 Å². The van der Waals surface area contributed by atoms with Gasteiger partial charge in [0.2, 0.25) is 5.91 Å². The fraction of sp³-hybridized carbons (Fsp3) is 0.0909. The molecule has 1 amide bonds. The number of para-hydroxylation sites is 1. The van der Waals surface area contributed by atoms with Crippen molar-refractivity contribution in [3.05, 3.63) is 95.2 Å². The number of rotatable bonds is 5. The molecular weight excluding hydrogens is 352 g/mol. The Morgan fingerprint density at radius 1 is 0.929 bits per heavy atom. The summed E-state index contributed by atoms with van der Waals surface area (Å²) in [5.74, 6) is -0.252. The number of aromatic nitrogens is 3. The fourth-order valence-corrected chi connectivity index (χ4v) is 3.10. The Labute approximate surface area is 161 Å². The van der Waals surface area contributed by atoms with E-state index in [1.165, 1.54) is 4.57 Å². The highest BCUT2D eigenvalue weighted by molar-refractivity contribution is 5.93. The Hall–Kier alpha value is -3.80. The molecule has 4 aromatic rings. The predicted molar refractivity (Wildman–Crippen MR) is 108 cm³/mol. The molecule has 6 nitrogen and oxygen atoms in total. The van der Waals surface area contributed by atoms with E-state index in [4.69, 9.17) is 0 Å². The van der Waals surface area contributed by atoms with E-state index >= 15 is 0 Å². The van der Waals surface area contributed by atoms with Crippen molar-refractivity contribution in [2.24, 2.45) is 0 Å². The fourth-order valence-electron chi connectivity index (χ4n) is 3.10. The summed E-state index contributed by atoms with van der Waals surface area (Å²) in [7, 11) is 0. The molecule has 0 bridgehead atoms. The number of carbonyl (C=O) groups is 1. The van der Waals surface area contributed by atoms with Crippen molar-refractivity contribution in [3.8, 4) is 11.3 Å². The quantitative estimate of drug-likeness (QED) is 0.586. The van der Waals surface area contributed by atoms with Crippen molar-refractivity contribution < 1.29 is 4.79 Å². The van der Waals surface area contributed by atoms with E-state index in [1.807, 2.05) is 66.7 Å². The summed E-state index contributed by atoms with van der Waals surface area (Å²) in [6, 6.07) is 20.7. The van der Waals surface area contributed by atoms with Gasteiger partial charge in [-0.15, -0.1) is 0 Å². The molecule has 6 heteroatoms. The van der Waals surface area contributed by atoms with E-state index in [0.29, 0.717) is 17.8 Å². The number of nitrogens with zero attached hydrogens (tertiary/aromatic N) is 3. The number of hydrogen-bond acceptors (Lipinski definition) is 4.